The quantitative estimate of drug-likeness (QED) is 0.788. The number of nitrogens with one attached hydrogen (secondary N) is 2. The lowest BCUT2D eigenvalue weighted by molar-refractivity contribution is -0.136. The second-order valence-electron chi connectivity index (χ2n) is 6.73. The number of rotatable bonds is 3. The van der Waals surface area contributed by atoms with Crippen LogP contribution in [-0.2, 0) is 9.59 Å². The molecule has 1 atom stereocenters. The Labute approximate surface area is 151 Å². The average Bonchev–Trinajstić information content (AvgIpc) is 2.77. The van der Waals surface area contributed by atoms with Crippen LogP contribution in [0.4, 0.5) is 4.79 Å². The molecule has 2 saturated heterocycles. The molecular formula is C17H21ClN4O3. The van der Waals surface area contributed by atoms with Crippen molar-refractivity contribution in [3.05, 3.63) is 34.9 Å². The van der Waals surface area contributed by atoms with Gasteiger partial charge in [0, 0.05) is 24.7 Å². The molecule has 0 bridgehead atoms. The van der Waals surface area contributed by atoms with Gasteiger partial charge in [-0.1, -0.05) is 29.8 Å². The van der Waals surface area contributed by atoms with Crippen LogP contribution in [0.2, 0.25) is 5.02 Å². The van der Waals surface area contributed by atoms with Crippen molar-refractivity contribution in [3.8, 4) is 0 Å². The van der Waals surface area contributed by atoms with Crippen molar-refractivity contribution >= 4 is 29.4 Å². The van der Waals surface area contributed by atoms with Crippen molar-refractivity contribution in [1.82, 2.24) is 20.4 Å². The summed E-state index contributed by atoms with van der Waals surface area (Å²) in [6.45, 7) is 4.88. The molecule has 1 aromatic rings. The molecule has 4 amide bonds. The van der Waals surface area contributed by atoms with Gasteiger partial charge in [-0.15, -0.1) is 0 Å². The largest absolute Gasteiger partial charge is 0.331 e. The van der Waals surface area contributed by atoms with E-state index >= 15 is 0 Å². The van der Waals surface area contributed by atoms with Crippen molar-refractivity contribution < 1.29 is 14.4 Å². The Hall–Kier alpha value is -2.12. The maximum atomic E-state index is 12.9. The first kappa shape index (κ1) is 17.7. The number of hydrogen-bond donors (Lipinski definition) is 2. The van der Waals surface area contributed by atoms with Gasteiger partial charge in [0.1, 0.15) is 12.1 Å². The molecule has 0 spiro atoms. The SMILES string of the molecule is CC1(C)C(=O)NC(=O)N1CC(=O)N1CCNCC1c1ccccc1Cl. The van der Waals surface area contributed by atoms with E-state index in [1.807, 2.05) is 18.2 Å². The Kier molecular flexibility index (Phi) is 4.71. The smallest absolute Gasteiger partial charge is 0.325 e. The zero-order valence-electron chi connectivity index (χ0n) is 14.2. The van der Waals surface area contributed by atoms with Gasteiger partial charge in [-0.2, -0.15) is 0 Å². The van der Waals surface area contributed by atoms with E-state index in [4.69, 9.17) is 11.6 Å². The number of imide groups is 1. The molecule has 2 N–H and O–H groups in total. The van der Waals surface area contributed by atoms with Gasteiger partial charge in [0.2, 0.25) is 5.91 Å². The van der Waals surface area contributed by atoms with Crippen LogP contribution >= 0.6 is 11.6 Å². The molecule has 2 heterocycles. The molecule has 2 aliphatic rings. The van der Waals surface area contributed by atoms with Crippen LogP contribution in [0, 0.1) is 0 Å². The van der Waals surface area contributed by atoms with Crippen molar-refractivity contribution in [2.75, 3.05) is 26.2 Å². The molecule has 0 aliphatic carbocycles. The van der Waals surface area contributed by atoms with Gasteiger partial charge in [0.25, 0.3) is 5.91 Å². The fraction of sp³-hybridized carbons (Fsp3) is 0.471. The minimum Gasteiger partial charge on any atom is -0.331 e. The van der Waals surface area contributed by atoms with Gasteiger partial charge < -0.3 is 15.1 Å². The highest BCUT2D eigenvalue weighted by molar-refractivity contribution is 6.31. The predicted octanol–water partition coefficient (Wildman–Crippen LogP) is 1.14. The summed E-state index contributed by atoms with van der Waals surface area (Å²) in [6, 6.07) is 6.68. The van der Waals surface area contributed by atoms with Gasteiger partial charge in [0.15, 0.2) is 0 Å². The monoisotopic (exact) mass is 364 g/mol. The predicted molar refractivity (Wildman–Crippen MR) is 93.1 cm³/mol. The van der Waals surface area contributed by atoms with E-state index in [2.05, 4.69) is 10.6 Å². The summed E-state index contributed by atoms with van der Waals surface area (Å²) in [5.41, 5.74) is -0.174. The molecule has 7 nitrogen and oxygen atoms in total. The molecule has 25 heavy (non-hydrogen) atoms. The lowest BCUT2D eigenvalue weighted by Gasteiger charge is -2.38. The minimum atomic E-state index is -1.04. The number of hydrogen-bond acceptors (Lipinski definition) is 4. The molecule has 134 valence electrons. The van der Waals surface area contributed by atoms with Gasteiger partial charge >= 0.3 is 6.03 Å². The number of carbonyl (C=O) groups excluding carboxylic acids is 3. The number of piperazine rings is 1. The lowest BCUT2D eigenvalue weighted by Crippen LogP contribution is -2.54. The Morgan fingerprint density at radius 3 is 2.68 bits per heavy atom. The van der Waals surface area contributed by atoms with Crippen LogP contribution in [0.15, 0.2) is 24.3 Å². The summed E-state index contributed by atoms with van der Waals surface area (Å²) in [4.78, 5) is 39.8. The maximum absolute atomic E-state index is 12.9. The fourth-order valence-electron chi connectivity index (χ4n) is 3.22. The number of amides is 4. The highest BCUT2D eigenvalue weighted by Crippen LogP contribution is 2.29. The lowest BCUT2D eigenvalue weighted by atomic mass is 10.0. The van der Waals surface area contributed by atoms with Crippen LogP contribution in [-0.4, -0.2) is 59.4 Å². The number of nitrogens with zero attached hydrogens (tertiary/aromatic N) is 2. The zero-order chi connectivity index (χ0) is 18.2. The van der Waals surface area contributed by atoms with Gasteiger partial charge in [-0.25, -0.2) is 4.79 Å². The average molecular weight is 365 g/mol. The highest BCUT2D eigenvalue weighted by atomic mass is 35.5. The van der Waals surface area contributed by atoms with Crippen molar-refractivity contribution in [2.24, 2.45) is 0 Å². The normalized spacial score (nSPS) is 22.9. The van der Waals surface area contributed by atoms with Crippen molar-refractivity contribution in [1.29, 1.82) is 0 Å². The Bertz CT molecular complexity index is 722. The van der Waals surface area contributed by atoms with Crippen molar-refractivity contribution in [3.63, 3.8) is 0 Å². The molecule has 8 heteroatoms. The maximum Gasteiger partial charge on any atom is 0.325 e. The number of halogens is 1. The fourth-order valence-corrected chi connectivity index (χ4v) is 3.48. The molecule has 2 aliphatic heterocycles. The number of carbonyl (C=O) groups is 3. The summed E-state index contributed by atoms with van der Waals surface area (Å²) in [5, 5.41) is 6.13. The molecule has 0 radical (unpaired) electrons. The van der Waals surface area contributed by atoms with Gasteiger partial charge in [0.05, 0.1) is 6.04 Å². The van der Waals surface area contributed by atoms with Crippen LogP contribution in [0.3, 0.4) is 0 Å². The molecular weight excluding hydrogens is 344 g/mol. The number of benzene rings is 1. The van der Waals surface area contributed by atoms with Gasteiger partial charge in [-0.05, 0) is 25.5 Å². The van der Waals surface area contributed by atoms with Crippen LogP contribution in [0.1, 0.15) is 25.5 Å². The standard InChI is InChI=1S/C17H21ClN4O3/c1-17(2)15(24)20-16(25)22(17)10-14(23)21-8-7-19-9-13(21)11-5-3-4-6-12(11)18/h3-6,13,19H,7-10H2,1-2H3,(H,20,24,25). The molecule has 2 fully saturated rings. The first-order chi connectivity index (χ1) is 11.8. The Balaban J connectivity index is 1.81. The first-order valence-electron chi connectivity index (χ1n) is 8.20. The zero-order valence-corrected chi connectivity index (χ0v) is 15.0. The van der Waals surface area contributed by atoms with Crippen molar-refractivity contribution in [2.45, 2.75) is 25.4 Å². The van der Waals surface area contributed by atoms with E-state index in [1.54, 1.807) is 24.8 Å². The third-order valence-electron chi connectivity index (χ3n) is 4.82. The molecule has 0 aromatic heterocycles. The molecule has 1 aromatic carbocycles. The van der Waals surface area contributed by atoms with E-state index in [-0.39, 0.29) is 18.5 Å². The summed E-state index contributed by atoms with van der Waals surface area (Å²) < 4.78 is 0. The molecule has 0 saturated carbocycles. The highest BCUT2D eigenvalue weighted by Gasteiger charge is 2.47. The van der Waals surface area contributed by atoms with E-state index in [9.17, 15) is 14.4 Å². The third-order valence-corrected chi connectivity index (χ3v) is 5.16. The minimum absolute atomic E-state index is 0.147. The summed E-state index contributed by atoms with van der Waals surface area (Å²) in [7, 11) is 0. The summed E-state index contributed by atoms with van der Waals surface area (Å²) in [5.74, 6) is -0.599. The first-order valence-corrected chi connectivity index (χ1v) is 8.58. The van der Waals surface area contributed by atoms with E-state index in [1.165, 1.54) is 4.90 Å². The van der Waals surface area contributed by atoms with Gasteiger partial charge in [-0.3, -0.25) is 14.9 Å². The Morgan fingerprint density at radius 1 is 1.32 bits per heavy atom. The summed E-state index contributed by atoms with van der Waals surface area (Å²) >= 11 is 6.30. The van der Waals surface area contributed by atoms with Crippen LogP contribution < -0.4 is 10.6 Å². The third kappa shape index (κ3) is 3.21. The molecule has 1 unspecified atom stereocenters. The number of urea groups is 1. The van der Waals surface area contributed by atoms with Crippen LogP contribution in [0.5, 0.6) is 0 Å². The molecule has 3 rings (SSSR count). The second kappa shape index (κ2) is 6.65. The van der Waals surface area contributed by atoms with Crippen LogP contribution in [0.25, 0.3) is 0 Å². The topological polar surface area (TPSA) is 81.8 Å². The van der Waals surface area contributed by atoms with E-state index in [0.717, 1.165) is 5.56 Å². The summed E-state index contributed by atoms with van der Waals surface area (Å²) in [6.07, 6.45) is 0. The van der Waals surface area contributed by atoms with E-state index < -0.39 is 17.5 Å². The Morgan fingerprint density at radius 2 is 2.04 bits per heavy atom. The van der Waals surface area contributed by atoms with E-state index in [0.29, 0.717) is 24.7 Å². The second-order valence-corrected chi connectivity index (χ2v) is 7.14.